The van der Waals surface area contributed by atoms with E-state index in [1.807, 2.05) is 36.4 Å². The molecular formula is C16H16N2. The molecule has 0 heterocycles. The number of benzene rings is 1. The highest BCUT2D eigenvalue weighted by Crippen LogP contribution is 2.28. The van der Waals surface area contributed by atoms with E-state index in [9.17, 15) is 0 Å². The van der Waals surface area contributed by atoms with Crippen molar-refractivity contribution in [1.82, 2.24) is 0 Å². The van der Waals surface area contributed by atoms with Crippen LogP contribution >= 0.6 is 0 Å². The van der Waals surface area contributed by atoms with Gasteiger partial charge in [0.1, 0.15) is 0 Å². The maximum absolute atomic E-state index is 5.93. The maximum Gasteiger partial charge on any atom is 0.0479 e. The quantitative estimate of drug-likeness (QED) is 0.608. The summed E-state index contributed by atoms with van der Waals surface area (Å²) in [6.45, 7) is 4.40. The van der Waals surface area contributed by atoms with E-state index in [0.717, 1.165) is 29.1 Å². The van der Waals surface area contributed by atoms with Crippen LogP contribution in [-0.2, 0) is 0 Å². The molecule has 2 nitrogen and oxygen atoms in total. The van der Waals surface area contributed by atoms with Crippen LogP contribution in [0.3, 0.4) is 0 Å². The Morgan fingerprint density at radius 3 is 2.83 bits per heavy atom. The molecule has 1 aliphatic carbocycles. The highest BCUT2D eigenvalue weighted by atomic mass is 14.9. The number of hydrogen-bond acceptors (Lipinski definition) is 2. The highest BCUT2D eigenvalue weighted by molar-refractivity contribution is 5.86. The molecule has 1 aliphatic rings. The van der Waals surface area contributed by atoms with Crippen molar-refractivity contribution < 1.29 is 0 Å². The minimum atomic E-state index is 0.755. The van der Waals surface area contributed by atoms with E-state index < -0.39 is 0 Å². The van der Waals surface area contributed by atoms with Gasteiger partial charge in [-0.25, -0.2) is 0 Å². The molecule has 0 atom stereocenters. The van der Waals surface area contributed by atoms with Crippen LogP contribution < -0.4 is 11.1 Å². The SMILES string of the molecule is C=C/C=C\CNc1ccccc1C1=C(N)C=C=C1. The van der Waals surface area contributed by atoms with Crippen LogP contribution in [0.2, 0.25) is 0 Å². The third-order valence-electron chi connectivity index (χ3n) is 2.68. The van der Waals surface area contributed by atoms with Gasteiger partial charge in [-0.1, -0.05) is 43.0 Å². The second-order valence-electron chi connectivity index (χ2n) is 3.91. The average Bonchev–Trinajstić information content (AvgIpc) is 2.81. The molecule has 0 saturated carbocycles. The molecule has 90 valence electrons. The van der Waals surface area contributed by atoms with Crippen LogP contribution in [-0.4, -0.2) is 6.54 Å². The first-order valence-corrected chi connectivity index (χ1v) is 5.86. The van der Waals surface area contributed by atoms with Gasteiger partial charge in [-0.3, -0.25) is 0 Å². The summed E-state index contributed by atoms with van der Waals surface area (Å²) in [5.41, 5.74) is 12.9. The summed E-state index contributed by atoms with van der Waals surface area (Å²) >= 11 is 0. The number of allylic oxidation sites excluding steroid dienone is 4. The molecule has 0 amide bonds. The van der Waals surface area contributed by atoms with Gasteiger partial charge in [-0.05, 0) is 12.1 Å². The van der Waals surface area contributed by atoms with Gasteiger partial charge in [0.25, 0.3) is 0 Å². The van der Waals surface area contributed by atoms with Gasteiger partial charge in [0, 0.05) is 35.1 Å². The van der Waals surface area contributed by atoms with Crippen LogP contribution in [0.1, 0.15) is 5.56 Å². The molecule has 0 unspecified atom stereocenters. The van der Waals surface area contributed by atoms with Gasteiger partial charge in [-0.15, -0.1) is 5.73 Å². The number of hydrogen-bond donors (Lipinski definition) is 2. The maximum atomic E-state index is 5.93. The predicted octanol–water partition coefficient (Wildman–Crippen LogP) is 3.24. The Morgan fingerprint density at radius 1 is 1.28 bits per heavy atom. The first kappa shape index (κ1) is 12.0. The summed E-state index contributed by atoms with van der Waals surface area (Å²) in [7, 11) is 0. The van der Waals surface area contributed by atoms with Crippen LogP contribution in [0, 0.1) is 0 Å². The van der Waals surface area contributed by atoms with E-state index in [4.69, 9.17) is 5.73 Å². The van der Waals surface area contributed by atoms with E-state index in [2.05, 4.69) is 23.7 Å². The van der Waals surface area contributed by atoms with Crippen molar-refractivity contribution in [2.24, 2.45) is 5.73 Å². The lowest BCUT2D eigenvalue weighted by Crippen LogP contribution is -2.03. The summed E-state index contributed by atoms with van der Waals surface area (Å²) in [5.74, 6) is 0. The van der Waals surface area contributed by atoms with Crippen LogP contribution in [0.25, 0.3) is 5.57 Å². The van der Waals surface area contributed by atoms with Gasteiger partial charge in [0.2, 0.25) is 0 Å². The molecule has 0 aliphatic heterocycles. The smallest absolute Gasteiger partial charge is 0.0479 e. The lowest BCUT2D eigenvalue weighted by Gasteiger charge is -2.11. The number of nitrogens with one attached hydrogen (secondary N) is 1. The van der Waals surface area contributed by atoms with E-state index in [-0.39, 0.29) is 0 Å². The summed E-state index contributed by atoms with van der Waals surface area (Å²) < 4.78 is 0. The number of rotatable bonds is 5. The molecule has 2 rings (SSSR count). The third-order valence-corrected chi connectivity index (χ3v) is 2.68. The van der Waals surface area contributed by atoms with Gasteiger partial charge in [-0.2, -0.15) is 0 Å². The summed E-state index contributed by atoms with van der Waals surface area (Å²) in [6.07, 6.45) is 9.40. The Morgan fingerprint density at radius 2 is 2.11 bits per heavy atom. The molecule has 0 spiro atoms. The molecule has 3 N–H and O–H groups in total. The Labute approximate surface area is 108 Å². The van der Waals surface area contributed by atoms with Crippen molar-refractivity contribution in [1.29, 1.82) is 0 Å². The number of anilines is 1. The first-order chi connectivity index (χ1) is 8.83. The minimum Gasteiger partial charge on any atom is -0.398 e. The van der Waals surface area contributed by atoms with Gasteiger partial charge in [0.15, 0.2) is 0 Å². The van der Waals surface area contributed by atoms with E-state index in [1.54, 1.807) is 12.2 Å². The lowest BCUT2D eigenvalue weighted by molar-refractivity contribution is 1.32. The van der Waals surface area contributed by atoms with Crippen molar-refractivity contribution in [3.63, 3.8) is 0 Å². The zero-order valence-corrected chi connectivity index (χ0v) is 10.2. The van der Waals surface area contributed by atoms with E-state index in [0.29, 0.717) is 0 Å². The van der Waals surface area contributed by atoms with Gasteiger partial charge >= 0.3 is 0 Å². The third kappa shape index (κ3) is 2.62. The lowest BCUT2D eigenvalue weighted by atomic mass is 10.0. The Hall–Kier alpha value is -2.44. The van der Waals surface area contributed by atoms with E-state index in [1.165, 1.54) is 0 Å². The molecule has 0 bridgehead atoms. The van der Waals surface area contributed by atoms with Crippen molar-refractivity contribution in [3.8, 4) is 0 Å². The standard InChI is InChI=1S/C16H16N2/c1-2-3-6-12-18-16-11-5-4-8-14(16)13-9-7-10-15(13)17/h2-6,8-11,18H,1,12,17H2/b6-3-. The number of para-hydroxylation sites is 1. The molecule has 0 aromatic heterocycles. The molecule has 1 aromatic carbocycles. The topological polar surface area (TPSA) is 38.0 Å². The zero-order valence-electron chi connectivity index (χ0n) is 10.2. The fraction of sp³-hybridized carbons (Fsp3) is 0.0625. The summed E-state index contributed by atoms with van der Waals surface area (Å²) in [6, 6.07) is 8.11. The minimum absolute atomic E-state index is 0.755. The van der Waals surface area contributed by atoms with Gasteiger partial charge < -0.3 is 11.1 Å². The van der Waals surface area contributed by atoms with Crippen molar-refractivity contribution in [2.75, 3.05) is 11.9 Å². The van der Waals surface area contributed by atoms with Crippen LogP contribution in [0.15, 0.2) is 72.7 Å². The van der Waals surface area contributed by atoms with Crippen molar-refractivity contribution in [3.05, 3.63) is 78.2 Å². The Bertz CT molecular complexity index is 571. The second kappa shape index (κ2) is 5.76. The fourth-order valence-electron chi connectivity index (χ4n) is 1.81. The summed E-state index contributed by atoms with van der Waals surface area (Å²) in [4.78, 5) is 0. The van der Waals surface area contributed by atoms with Crippen molar-refractivity contribution in [2.45, 2.75) is 0 Å². The zero-order chi connectivity index (χ0) is 12.8. The monoisotopic (exact) mass is 236 g/mol. The molecular weight excluding hydrogens is 220 g/mol. The molecule has 18 heavy (non-hydrogen) atoms. The summed E-state index contributed by atoms with van der Waals surface area (Å²) in [5, 5.41) is 3.36. The Balaban J connectivity index is 2.21. The predicted molar refractivity (Wildman–Crippen MR) is 78.0 cm³/mol. The molecule has 1 aromatic rings. The molecule has 0 fully saturated rings. The molecule has 0 radical (unpaired) electrons. The molecule has 2 heteroatoms. The molecule has 0 saturated heterocycles. The fourth-order valence-corrected chi connectivity index (χ4v) is 1.81. The Kier molecular flexibility index (Phi) is 3.85. The normalized spacial score (nSPS) is 13.6. The second-order valence-corrected chi connectivity index (χ2v) is 3.91. The van der Waals surface area contributed by atoms with E-state index >= 15 is 0 Å². The largest absolute Gasteiger partial charge is 0.398 e. The first-order valence-electron chi connectivity index (χ1n) is 5.86. The highest BCUT2D eigenvalue weighted by Gasteiger charge is 2.09. The van der Waals surface area contributed by atoms with Crippen LogP contribution in [0.5, 0.6) is 0 Å². The number of nitrogens with two attached hydrogens (primary N) is 1. The van der Waals surface area contributed by atoms with Gasteiger partial charge in [0.05, 0.1) is 0 Å². The average molecular weight is 236 g/mol. The van der Waals surface area contributed by atoms with Crippen LogP contribution in [0.4, 0.5) is 5.69 Å². The van der Waals surface area contributed by atoms with Crippen molar-refractivity contribution >= 4 is 11.3 Å².